The Kier molecular flexibility index (Phi) is 1.99. The minimum absolute atomic E-state index is 0.398. The number of hydrogen-bond donors (Lipinski definition) is 1. The second-order valence-electron chi connectivity index (χ2n) is 5.82. The monoisotopic (exact) mass is 181 g/mol. The van der Waals surface area contributed by atoms with E-state index in [-0.39, 0.29) is 0 Å². The maximum absolute atomic E-state index is 6.21. The molecule has 2 N–H and O–H groups in total. The molecule has 0 aromatic rings. The van der Waals surface area contributed by atoms with E-state index < -0.39 is 0 Å². The molecule has 13 heavy (non-hydrogen) atoms. The lowest BCUT2D eigenvalue weighted by molar-refractivity contribution is 0.201. The Hall–Kier alpha value is -0.0400. The molecule has 2 unspecified atom stereocenters. The molecule has 0 aliphatic heterocycles. The minimum Gasteiger partial charge on any atom is -0.327 e. The summed E-state index contributed by atoms with van der Waals surface area (Å²) in [6, 6.07) is 0.447. The summed E-state index contributed by atoms with van der Waals surface area (Å²) < 4.78 is 0. The van der Waals surface area contributed by atoms with Crippen molar-refractivity contribution in [1.82, 2.24) is 0 Å². The van der Waals surface area contributed by atoms with Crippen LogP contribution in [0.25, 0.3) is 0 Å². The SMILES string of the molecule is CC1(C)C(N)C1(C)C1CCCCC1. The van der Waals surface area contributed by atoms with Gasteiger partial charge >= 0.3 is 0 Å². The summed E-state index contributed by atoms with van der Waals surface area (Å²) in [7, 11) is 0. The van der Waals surface area contributed by atoms with Gasteiger partial charge in [-0.2, -0.15) is 0 Å². The highest BCUT2D eigenvalue weighted by Gasteiger charge is 2.68. The average molecular weight is 181 g/mol. The molecular formula is C12H23N. The van der Waals surface area contributed by atoms with Crippen LogP contribution in [-0.2, 0) is 0 Å². The number of rotatable bonds is 1. The first kappa shape index (κ1) is 9.51. The van der Waals surface area contributed by atoms with Crippen LogP contribution in [-0.4, -0.2) is 6.04 Å². The molecule has 0 radical (unpaired) electrons. The molecule has 2 rings (SSSR count). The van der Waals surface area contributed by atoms with Crippen molar-refractivity contribution in [2.24, 2.45) is 22.5 Å². The molecule has 0 heterocycles. The van der Waals surface area contributed by atoms with Crippen molar-refractivity contribution in [1.29, 1.82) is 0 Å². The molecule has 2 saturated carbocycles. The summed E-state index contributed by atoms with van der Waals surface area (Å²) in [5.41, 5.74) is 7.06. The molecule has 1 nitrogen and oxygen atoms in total. The van der Waals surface area contributed by atoms with Crippen molar-refractivity contribution in [2.75, 3.05) is 0 Å². The van der Waals surface area contributed by atoms with Gasteiger partial charge in [-0.3, -0.25) is 0 Å². The molecule has 0 bridgehead atoms. The maximum Gasteiger partial charge on any atom is 0.0159 e. The highest BCUT2D eigenvalue weighted by molar-refractivity contribution is 5.21. The largest absolute Gasteiger partial charge is 0.327 e. The molecule has 0 aromatic carbocycles. The van der Waals surface area contributed by atoms with Crippen LogP contribution in [0.3, 0.4) is 0 Å². The van der Waals surface area contributed by atoms with E-state index in [1.165, 1.54) is 32.1 Å². The zero-order chi connectivity index (χ0) is 9.69. The summed E-state index contributed by atoms with van der Waals surface area (Å²) in [6.07, 6.45) is 7.16. The Bertz CT molecular complexity index is 203. The van der Waals surface area contributed by atoms with Crippen molar-refractivity contribution in [2.45, 2.75) is 58.9 Å². The third kappa shape index (κ3) is 1.09. The number of hydrogen-bond acceptors (Lipinski definition) is 1. The van der Waals surface area contributed by atoms with Gasteiger partial charge in [0.25, 0.3) is 0 Å². The van der Waals surface area contributed by atoms with Crippen LogP contribution in [0.2, 0.25) is 0 Å². The predicted octanol–water partition coefficient (Wildman–Crippen LogP) is 2.94. The lowest BCUT2D eigenvalue weighted by atomic mass is 9.75. The molecule has 2 aliphatic rings. The Morgan fingerprint density at radius 1 is 1.00 bits per heavy atom. The topological polar surface area (TPSA) is 26.0 Å². The van der Waals surface area contributed by atoms with Gasteiger partial charge in [-0.05, 0) is 29.6 Å². The van der Waals surface area contributed by atoms with Gasteiger partial charge in [0.1, 0.15) is 0 Å². The van der Waals surface area contributed by atoms with Gasteiger partial charge in [-0.15, -0.1) is 0 Å². The van der Waals surface area contributed by atoms with Gasteiger partial charge in [0, 0.05) is 6.04 Å². The standard InChI is InChI=1S/C12H23N/c1-11(2)10(13)12(11,3)9-7-5-4-6-8-9/h9-10H,4-8,13H2,1-3H3. The van der Waals surface area contributed by atoms with Gasteiger partial charge in [-0.1, -0.05) is 40.0 Å². The lowest BCUT2D eigenvalue weighted by Gasteiger charge is -2.30. The fourth-order valence-corrected chi connectivity index (χ4v) is 3.54. The molecule has 2 atom stereocenters. The van der Waals surface area contributed by atoms with Crippen molar-refractivity contribution < 1.29 is 0 Å². The smallest absolute Gasteiger partial charge is 0.0159 e. The summed E-state index contributed by atoms with van der Waals surface area (Å²) in [6.45, 7) is 7.09. The van der Waals surface area contributed by atoms with E-state index in [0.717, 1.165) is 5.92 Å². The van der Waals surface area contributed by atoms with E-state index in [2.05, 4.69) is 20.8 Å². The van der Waals surface area contributed by atoms with Gasteiger partial charge in [0.2, 0.25) is 0 Å². The van der Waals surface area contributed by atoms with Crippen molar-refractivity contribution in [3.8, 4) is 0 Å². The average Bonchev–Trinajstić information content (AvgIpc) is 2.53. The molecule has 0 spiro atoms. The molecule has 0 amide bonds. The Labute approximate surface area is 82.1 Å². The first-order valence-electron chi connectivity index (χ1n) is 5.77. The van der Waals surface area contributed by atoms with E-state index >= 15 is 0 Å². The van der Waals surface area contributed by atoms with Crippen LogP contribution in [0.4, 0.5) is 0 Å². The van der Waals surface area contributed by atoms with Gasteiger partial charge in [0.15, 0.2) is 0 Å². The molecular weight excluding hydrogens is 158 g/mol. The predicted molar refractivity (Wildman–Crippen MR) is 56.4 cm³/mol. The van der Waals surface area contributed by atoms with Crippen molar-refractivity contribution >= 4 is 0 Å². The Morgan fingerprint density at radius 3 is 1.85 bits per heavy atom. The van der Waals surface area contributed by atoms with Crippen LogP contribution in [0.5, 0.6) is 0 Å². The fourth-order valence-electron chi connectivity index (χ4n) is 3.54. The Balaban J connectivity index is 2.08. The molecule has 2 fully saturated rings. The summed E-state index contributed by atoms with van der Waals surface area (Å²) in [5.74, 6) is 0.909. The van der Waals surface area contributed by atoms with Crippen molar-refractivity contribution in [3.63, 3.8) is 0 Å². The third-order valence-electron chi connectivity index (χ3n) is 5.18. The third-order valence-corrected chi connectivity index (χ3v) is 5.18. The molecule has 0 aromatic heterocycles. The van der Waals surface area contributed by atoms with Crippen LogP contribution in [0.1, 0.15) is 52.9 Å². The summed E-state index contributed by atoms with van der Waals surface area (Å²) in [5, 5.41) is 0. The molecule has 2 aliphatic carbocycles. The summed E-state index contributed by atoms with van der Waals surface area (Å²) >= 11 is 0. The normalized spacial score (nSPS) is 44.8. The van der Waals surface area contributed by atoms with E-state index in [9.17, 15) is 0 Å². The van der Waals surface area contributed by atoms with E-state index in [1.54, 1.807) is 0 Å². The molecule has 76 valence electrons. The summed E-state index contributed by atoms with van der Waals surface area (Å²) in [4.78, 5) is 0. The maximum atomic E-state index is 6.21. The van der Waals surface area contributed by atoms with E-state index in [1.807, 2.05) is 0 Å². The molecule has 0 saturated heterocycles. The minimum atomic E-state index is 0.398. The quantitative estimate of drug-likeness (QED) is 0.661. The fraction of sp³-hybridized carbons (Fsp3) is 1.00. The van der Waals surface area contributed by atoms with E-state index in [0.29, 0.717) is 16.9 Å². The Morgan fingerprint density at radius 2 is 1.46 bits per heavy atom. The second kappa shape index (κ2) is 2.73. The van der Waals surface area contributed by atoms with Crippen LogP contribution < -0.4 is 5.73 Å². The first-order valence-corrected chi connectivity index (χ1v) is 5.77. The van der Waals surface area contributed by atoms with Crippen LogP contribution in [0, 0.1) is 16.7 Å². The lowest BCUT2D eigenvalue weighted by Crippen LogP contribution is -2.23. The highest BCUT2D eigenvalue weighted by atomic mass is 14.9. The highest BCUT2D eigenvalue weighted by Crippen LogP contribution is 2.68. The van der Waals surface area contributed by atoms with Gasteiger partial charge in [0.05, 0.1) is 0 Å². The number of nitrogens with two attached hydrogens (primary N) is 1. The van der Waals surface area contributed by atoms with Crippen LogP contribution >= 0.6 is 0 Å². The zero-order valence-electron chi connectivity index (χ0n) is 9.27. The second-order valence-corrected chi connectivity index (χ2v) is 5.82. The van der Waals surface area contributed by atoms with E-state index in [4.69, 9.17) is 5.73 Å². The van der Waals surface area contributed by atoms with Gasteiger partial charge < -0.3 is 5.73 Å². The molecule has 1 heteroatoms. The zero-order valence-corrected chi connectivity index (χ0v) is 9.27. The van der Waals surface area contributed by atoms with Crippen molar-refractivity contribution in [3.05, 3.63) is 0 Å². The van der Waals surface area contributed by atoms with Gasteiger partial charge in [-0.25, -0.2) is 0 Å². The first-order chi connectivity index (χ1) is 6.01. The van der Waals surface area contributed by atoms with Crippen LogP contribution in [0.15, 0.2) is 0 Å².